The van der Waals surface area contributed by atoms with Crippen LogP contribution in [-0.2, 0) is 0 Å². The van der Waals surface area contributed by atoms with E-state index in [-0.39, 0.29) is 0 Å². The van der Waals surface area contributed by atoms with Gasteiger partial charge in [0, 0.05) is 12.7 Å². The van der Waals surface area contributed by atoms with Gasteiger partial charge >= 0.3 is 6.03 Å². The number of nitrogens with zero attached hydrogens (tertiary/aromatic N) is 2. The molecule has 9 heavy (non-hydrogen) atoms. The number of nitrogens with two attached hydrogens (primary N) is 1. The number of hydrogen-bond donors (Lipinski definition) is 1. The molecule has 0 fully saturated rings. The first kappa shape index (κ1) is 5.81. The maximum Gasteiger partial charge on any atom is 0.320 e. The van der Waals surface area contributed by atoms with Crippen molar-refractivity contribution in [3.63, 3.8) is 0 Å². The van der Waals surface area contributed by atoms with Crippen LogP contribution in [0.3, 0.4) is 0 Å². The third kappa shape index (κ3) is 1.28. The van der Waals surface area contributed by atoms with Crippen LogP contribution in [0.25, 0.3) is 0 Å². The maximum atomic E-state index is 10.4. The van der Waals surface area contributed by atoms with Crippen LogP contribution in [0.4, 0.5) is 4.79 Å². The van der Waals surface area contributed by atoms with Crippen molar-refractivity contribution in [2.75, 3.05) is 6.54 Å². The summed E-state index contributed by atoms with van der Waals surface area (Å²) >= 11 is 0. The molecule has 0 radical (unpaired) electrons. The fourth-order valence-corrected chi connectivity index (χ4v) is 0.535. The fourth-order valence-electron chi connectivity index (χ4n) is 0.535. The molecule has 0 unspecified atom stereocenters. The van der Waals surface area contributed by atoms with Crippen molar-refractivity contribution in [3.8, 4) is 0 Å². The van der Waals surface area contributed by atoms with E-state index in [0.717, 1.165) is 0 Å². The van der Waals surface area contributed by atoms with Crippen LogP contribution in [0.15, 0.2) is 17.3 Å². The second-order valence-electron chi connectivity index (χ2n) is 1.64. The second-order valence-corrected chi connectivity index (χ2v) is 1.64. The monoisotopic (exact) mass is 125 g/mol. The number of aliphatic imine (C=N–C) groups is 1. The molecule has 4 nitrogen and oxygen atoms in total. The second kappa shape index (κ2) is 2.30. The van der Waals surface area contributed by atoms with E-state index in [1.807, 2.05) is 0 Å². The highest BCUT2D eigenvalue weighted by Crippen LogP contribution is 1.90. The first-order chi connectivity index (χ1) is 4.30. The zero-order valence-corrected chi connectivity index (χ0v) is 4.82. The van der Waals surface area contributed by atoms with Crippen LogP contribution in [0.5, 0.6) is 0 Å². The average molecular weight is 125 g/mol. The van der Waals surface area contributed by atoms with Gasteiger partial charge in [-0.25, -0.2) is 9.79 Å². The molecule has 2 amide bonds. The Kier molecular flexibility index (Phi) is 1.48. The van der Waals surface area contributed by atoms with E-state index >= 15 is 0 Å². The van der Waals surface area contributed by atoms with Gasteiger partial charge in [-0.15, -0.1) is 0 Å². The molecule has 1 aliphatic heterocycles. The van der Waals surface area contributed by atoms with Crippen LogP contribution in [-0.4, -0.2) is 23.8 Å². The van der Waals surface area contributed by atoms with Crippen LogP contribution >= 0.6 is 0 Å². The van der Waals surface area contributed by atoms with Gasteiger partial charge < -0.3 is 5.73 Å². The molecule has 0 aliphatic carbocycles. The van der Waals surface area contributed by atoms with E-state index in [2.05, 4.69) is 4.99 Å². The number of rotatable bonds is 0. The Balaban J connectivity index is 2.56. The van der Waals surface area contributed by atoms with Crippen molar-refractivity contribution in [2.24, 2.45) is 10.7 Å². The molecule has 0 aromatic heterocycles. The van der Waals surface area contributed by atoms with Crippen molar-refractivity contribution in [1.29, 1.82) is 0 Å². The predicted molar refractivity (Wildman–Crippen MR) is 33.9 cm³/mol. The minimum Gasteiger partial charge on any atom is -0.351 e. The Morgan fingerprint density at radius 3 is 2.89 bits per heavy atom. The van der Waals surface area contributed by atoms with Crippen LogP contribution < -0.4 is 5.73 Å². The van der Waals surface area contributed by atoms with E-state index in [4.69, 9.17) is 5.73 Å². The first-order valence-corrected chi connectivity index (χ1v) is 2.55. The third-order valence-electron chi connectivity index (χ3n) is 0.983. The van der Waals surface area contributed by atoms with E-state index in [9.17, 15) is 4.79 Å². The molecular formula is C5H7N3O. The van der Waals surface area contributed by atoms with Crippen molar-refractivity contribution in [3.05, 3.63) is 12.3 Å². The molecule has 0 spiro atoms. The molecule has 1 rings (SSSR count). The van der Waals surface area contributed by atoms with Crippen LogP contribution in [0.1, 0.15) is 0 Å². The van der Waals surface area contributed by atoms with E-state index in [1.54, 1.807) is 12.3 Å². The summed E-state index contributed by atoms with van der Waals surface area (Å²) in [6.45, 7) is 0.527. The quantitative estimate of drug-likeness (QED) is 0.483. The number of hydrogen-bond acceptors (Lipinski definition) is 2. The molecule has 0 atom stereocenters. The number of urea groups is 1. The summed E-state index contributed by atoms with van der Waals surface area (Å²) in [6, 6.07) is -0.469. The lowest BCUT2D eigenvalue weighted by Gasteiger charge is -2.12. The predicted octanol–water partition coefficient (Wildman–Crippen LogP) is -0.0773. The van der Waals surface area contributed by atoms with Crippen LogP contribution in [0.2, 0.25) is 0 Å². The summed E-state index contributed by atoms with van der Waals surface area (Å²) < 4.78 is 0. The van der Waals surface area contributed by atoms with Gasteiger partial charge in [0.2, 0.25) is 0 Å². The Hall–Kier alpha value is -1.32. The lowest BCUT2D eigenvalue weighted by Crippen LogP contribution is -2.35. The zero-order valence-electron chi connectivity index (χ0n) is 4.82. The van der Waals surface area contributed by atoms with Crippen molar-refractivity contribution < 1.29 is 4.79 Å². The number of carbonyl (C=O) groups is 1. The Bertz CT molecular complexity index is 173. The smallest absolute Gasteiger partial charge is 0.320 e. The minimum absolute atomic E-state index is 0.469. The summed E-state index contributed by atoms with van der Waals surface area (Å²) in [5.74, 6) is 0. The summed E-state index contributed by atoms with van der Waals surface area (Å²) in [5.41, 5.74) is 4.93. The standard InChI is InChI=1S/C5H7N3O/c6-5(9)8-3-1-2-7-4-8/h1-2,4H,3H2,(H2,6,9). The average Bonchev–Trinajstić information content (AvgIpc) is 1.90. The molecule has 0 saturated heterocycles. The highest BCUT2D eigenvalue weighted by molar-refractivity contribution is 5.85. The summed E-state index contributed by atoms with van der Waals surface area (Å²) in [4.78, 5) is 15.4. The van der Waals surface area contributed by atoms with Gasteiger partial charge in [-0.1, -0.05) is 0 Å². The van der Waals surface area contributed by atoms with Gasteiger partial charge in [0.05, 0.1) is 6.34 Å². The highest BCUT2D eigenvalue weighted by atomic mass is 16.2. The molecule has 2 N–H and O–H groups in total. The summed E-state index contributed by atoms with van der Waals surface area (Å²) in [6.07, 6.45) is 4.78. The van der Waals surface area contributed by atoms with Crippen molar-refractivity contribution in [2.45, 2.75) is 0 Å². The van der Waals surface area contributed by atoms with Gasteiger partial charge in [-0.05, 0) is 6.08 Å². The van der Waals surface area contributed by atoms with E-state index in [0.29, 0.717) is 6.54 Å². The van der Waals surface area contributed by atoms with Crippen molar-refractivity contribution in [1.82, 2.24) is 4.90 Å². The lowest BCUT2D eigenvalue weighted by atomic mass is 10.5. The molecule has 0 aromatic rings. The van der Waals surface area contributed by atoms with Crippen molar-refractivity contribution >= 4 is 12.4 Å². The first-order valence-electron chi connectivity index (χ1n) is 2.55. The van der Waals surface area contributed by atoms with Gasteiger partial charge in [0.25, 0.3) is 0 Å². The SMILES string of the molecule is NC(=O)N1C=NC=CC1. The molecule has 1 aliphatic rings. The van der Waals surface area contributed by atoms with Crippen LogP contribution in [0, 0.1) is 0 Å². The zero-order chi connectivity index (χ0) is 6.69. The molecule has 4 heteroatoms. The van der Waals surface area contributed by atoms with Gasteiger partial charge in [-0.2, -0.15) is 0 Å². The molecular weight excluding hydrogens is 118 g/mol. The highest BCUT2D eigenvalue weighted by Gasteiger charge is 2.04. The lowest BCUT2D eigenvalue weighted by molar-refractivity contribution is 0.233. The maximum absolute atomic E-state index is 10.4. The number of carbonyl (C=O) groups excluding carboxylic acids is 1. The molecule has 0 aromatic carbocycles. The fraction of sp³-hybridized carbons (Fsp3) is 0.200. The Morgan fingerprint density at radius 1 is 1.78 bits per heavy atom. The number of amides is 2. The summed E-state index contributed by atoms with van der Waals surface area (Å²) in [7, 11) is 0. The largest absolute Gasteiger partial charge is 0.351 e. The van der Waals surface area contributed by atoms with Gasteiger partial charge in [0.15, 0.2) is 0 Å². The minimum atomic E-state index is -0.469. The van der Waals surface area contributed by atoms with Gasteiger partial charge in [0.1, 0.15) is 0 Å². The molecule has 48 valence electrons. The summed E-state index contributed by atoms with van der Waals surface area (Å²) in [5, 5.41) is 0. The number of primary amides is 1. The third-order valence-corrected chi connectivity index (χ3v) is 0.983. The molecule has 0 bridgehead atoms. The van der Waals surface area contributed by atoms with Gasteiger partial charge in [-0.3, -0.25) is 4.90 Å². The van der Waals surface area contributed by atoms with E-state index in [1.165, 1.54) is 11.2 Å². The molecule has 1 heterocycles. The van der Waals surface area contributed by atoms with E-state index < -0.39 is 6.03 Å². The normalized spacial score (nSPS) is 16.2. The topological polar surface area (TPSA) is 58.7 Å². The Morgan fingerprint density at radius 2 is 2.56 bits per heavy atom. The Labute approximate surface area is 52.7 Å². The molecule has 0 saturated carbocycles.